The number of hydrogen-bond acceptors (Lipinski definition) is 6. The lowest BCUT2D eigenvalue weighted by Crippen LogP contribution is -2.23. The van der Waals surface area contributed by atoms with Crippen LogP contribution in [0, 0.1) is 0 Å². The van der Waals surface area contributed by atoms with Crippen LogP contribution < -0.4 is 9.64 Å². The van der Waals surface area contributed by atoms with Crippen molar-refractivity contribution in [2.24, 2.45) is 0 Å². The van der Waals surface area contributed by atoms with Crippen LogP contribution in [0.4, 0.5) is 10.5 Å². The van der Waals surface area contributed by atoms with Gasteiger partial charge in [-0.25, -0.2) is 9.78 Å². The van der Waals surface area contributed by atoms with Gasteiger partial charge in [0.25, 0.3) is 0 Å². The van der Waals surface area contributed by atoms with Crippen LogP contribution in [0.2, 0.25) is 0 Å². The van der Waals surface area contributed by atoms with Crippen LogP contribution in [0.15, 0.2) is 60.0 Å². The number of allylic oxidation sites excluding steroid dienone is 1. The van der Waals surface area contributed by atoms with Gasteiger partial charge < -0.3 is 9.47 Å². The van der Waals surface area contributed by atoms with Gasteiger partial charge in [0.05, 0.1) is 19.3 Å². The molecule has 7 heteroatoms. The quantitative estimate of drug-likeness (QED) is 0.439. The lowest BCUT2D eigenvalue weighted by molar-refractivity contribution is 0.104. The van der Waals surface area contributed by atoms with Gasteiger partial charge in [0.2, 0.25) is 0 Å². The Kier molecular flexibility index (Phi) is 5.39. The summed E-state index contributed by atoms with van der Waals surface area (Å²) in [5.41, 5.74) is 2.83. The molecule has 1 aliphatic heterocycles. The highest BCUT2D eigenvalue weighted by atomic mass is 32.1. The summed E-state index contributed by atoms with van der Waals surface area (Å²) in [7, 11) is 1.63. The van der Waals surface area contributed by atoms with Crippen LogP contribution in [0.25, 0.3) is 16.6 Å². The molecule has 1 amide bonds. The fourth-order valence-corrected chi connectivity index (χ4v) is 3.75. The minimum atomic E-state index is -0.391. The molecule has 1 aromatic heterocycles. The number of rotatable bonds is 6. The molecule has 4 rings (SSSR count). The molecule has 0 atom stereocenters. The predicted octanol–water partition coefficient (Wildman–Crippen LogP) is 4.67. The first-order chi connectivity index (χ1) is 14.1. The van der Waals surface area contributed by atoms with Crippen LogP contribution in [0.3, 0.4) is 0 Å². The van der Waals surface area contributed by atoms with Crippen molar-refractivity contribution in [1.82, 2.24) is 4.98 Å². The van der Waals surface area contributed by atoms with E-state index in [1.807, 2.05) is 29.6 Å². The Morgan fingerprint density at radius 3 is 2.90 bits per heavy atom. The topological polar surface area (TPSA) is 68.7 Å². The van der Waals surface area contributed by atoms with Crippen LogP contribution in [-0.4, -0.2) is 37.1 Å². The molecule has 6 nitrogen and oxygen atoms in total. The lowest BCUT2D eigenvalue weighted by Gasteiger charge is -2.13. The van der Waals surface area contributed by atoms with Gasteiger partial charge in [-0.3, -0.25) is 9.69 Å². The minimum Gasteiger partial charge on any atom is -0.497 e. The summed E-state index contributed by atoms with van der Waals surface area (Å²) in [6.45, 7) is 0.842. The number of thiazole rings is 1. The highest BCUT2D eigenvalue weighted by Crippen LogP contribution is 2.27. The Morgan fingerprint density at radius 2 is 2.10 bits per heavy atom. The average Bonchev–Trinajstić information content (AvgIpc) is 3.41. The van der Waals surface area contributed by atoms with Crippen molar-refractivity contribution in [2.45, 2.75) is 0 Å². The number of carbonyl (C=O) groups is 2. The summed E-state index contributed by atoms with van der Waals surface area (Å²) in [4.78, 5) is 30.4. The molecule has 146 valence electrons. The number of amides is 1. The molecule has 1 saturated heterocycles. The standard InChI is InChI=1S/C22H18N2O4S/c1-27-19-7-3-5-16(13-19)21-23-17(14-29-21)8-9-20(25)15-4-2-6-18(12-15)24-10-11-28-22(24)26/h2-9,12-14H,10-11H2,1H3. The van der Waals surface area contributed by atoms with Crippen LogP contribution in [0.5, 0.6) is 5.75 Å². The summed E-state index contributed by atoms with van der Waals surface area (Å²) < 4.78 is 10.2. The molecular weight excluding hydrogens is 388 g/mol. The number of ketones is 1. The second-order valence-electron chi connectivity index (χ2n) is 6.32. The maximum Gasteiger partial charge on any atom is 0.414 e. The van der Waals surface area contributed by atoms with Gasteiger partial charge in [0, 0.05) is 22.2 Å². The zero-order valence-corrected chi connectivity index (χ0v) is 16.5. The number of anilines is 1. The van der Waals surface area contributed by atoms with Crippen molar-refractivity contribution < 1.29 is 19.1 Å². The second-order valence-corrected chi connectivity index (χ2v) is 7.18. The van der Waals surface area contributed by atoms with Crippen molar-refractivity contribution in [1.29, 1.82) is 0 Å². The molecule has 2 heterocycles. The number of hydrogen-bond donors (Lipinski definition) is 0. The molecule has 0 saturated carbocycles. The number of carbonyl (C=O) groups excluding carboxylic acids is 2. The third-order valence-electron chi connectivity index (χ3n) is 4.45. The van der Waals surface area contributed by atoms with E-state index in [1.165, 1.54) is 22.3 Å². The van der Waals surface area contributed by atoms with E-state index in [4.69, 9.17) is 9.47 Å². The van der Waals surface area contributed by atoms with Gasteiger partial charge in [-0.15, -0.1) is 11.3 Å². The second kappa shape index (κ2) is 8.28. The molecule has 0 spiro atoms. The molecule has 0 bridgehead atoms. The molecular formula is C22H18N2O4S. The first-order valence-corrected chi connectivity index (χ1v) is 9.89. The fourth-order valence-electron chi connectivity index (χ4n) is 2.96. The van der Waals surface area contributed by atoms with Gasteiger partial charge >= 0.3 is 6.09 Å². The van der Waals surface area contributed by atoms with Gasteiger partial charge in [0.1, 0.15) is 17.4 Å². The number of cyclic esters (lactones) is 1. The van der Waals surface area contributed by atoms with Gasteiger partial charge in [0.15, 0.2) is 5.78 Å². The SMILES string of the molecule is COc1cccc(-c2nc(C=CC(=O)c3cccc(N4CCOC4=O)c3)cs2)c1. The van der Waals surface area contributed by atoms with Gasteiger partial charge in [-0.1, -0.05) is 24.3 Å². The molecule has 1 fully saturated rings. The zero-order valence-electron chi connectivity index (χ0n) is 15.7. The van der Waals surface area contributed by atoms with Crippen molar-refractivity contribution in [3.8, 4) is 16.3 Å². The number of benzene rings is 2. The normalized spacial score (nSPS) is 13.7. The molecule has 3 aromatic rings. The number of methoxy groups -OCH3 is 1. The molecule has 2 aromatic carbocycles. The first-order valence-electron chi connectivity index (χ1n) is 9.01. The Labute approximate surface area is 172 Å². The van der Waals surface area contributed by atoms with E-state index in [0.717, 1.165) is 16.3 Å². The summed E-state index contributed by atoms with van der Waals surface area (Å²) >= 11 is 1.50. The van der Waals surface area contributed by atoms with Crippen molar-refractivity contribution in [2.75, 3.05) is 25.2 Å². The summed E-state index contributed by atoms with van der Waals surface area (Å²) in [6, 6.07) is 14.6. The summed E-state index contributed by atoms with van der Waals surface area (Å²) in [5, 5.41) is 2.75. The first kappa shape index (κ1) is 18.9. The molecule has 0 aliphatic carbocycles. The fraction of sp³-hybridized carbons (Fsp3) is 0.136. The van der Waals surface area contributed by atoms with E-state index in [0.29, 0.717) is 30.1 Å². The summed E-state index contributed by atoms with van der Waals surface area (Å²) in [5.74, 6) is 0.613. The van der Waals surface area contributed by atoms with Gasteiger partial charge in [-0.2, -0.15) is 0 Å². The molecule has 1 aliphatic rings. The molecule has 0 unspecified atom stereocenters. The number of ether oxygens (including phenoxy) is 2. The Balaban J connectivity index is 1.49. The Morgan fingerprint density at radius 1 is 1.24 bits per heavy atom. The highest BCUT2D eigenvalue weighted by molar-refractivity contribution is 7.13. The monoisotopic (exact) mass is 406 g/mol. The molecule has 29 heavy (non-hydrogen) atoms. The van der Waals surface area contributed by atoms with Crippen LogP contribution >= 0.6 is 11.3 Å². The zero-order chi connectivity index (χ0) is 20.2. The average molecular weight is 406 g/mol. The van der Waals surface area contributed by atoms with E-state index < -0.39 is 6.09 Å². The van der Waals surface area contributed by atoms with E-state index >= 15 is 0 Å². The summed E-state index contributed by atoms with van der Waals surface area (Å²) in [6.07, 6.45) is 2.79. The van der Waals surface area contributed by atoms with E-state index in [-0.39, 0.29) is 5.78 Å². The highest BCUT2D eigenvalue weighted by Gasteiger charge is 2.23. The smallest absolute Gasteiger partial charge is 0.414 e. The molecule has 0 N–H and O–H groups in total. The van der Waals surface area contributed by atoms with E-state index in [1.54, 1.807) is 37.5 Å². The van der Waals surface area contributed by atoms with E-state index in [2.05, 4.69) is 4.98 Å². The maximum absolute atomic E-state index is 12.6. The van der Waals surface area contributed by atoms with Crippen LogP contribution in [0.1, 0.15) is 16.1 Å². The largest absolute Gasteiger partial charge is 0.497 e. The van der Waals surface area contributed by atoms with Crippen molar-refractivity contribution in [3.63, 3.8) is 0 Å². The minimum absolute atomic E-state index is 0.157. The Bertz CT molecular complexity index is 1090. The molecule has 0 radical (unpaired) electrons. The van der Waals surface area contributed by atoms with Crippen LogP contribution in [-0.2, 0) is 4.74 Å². The number of nitrogens with zero attached hydrogens (tertiary/aromatic N) is 2. The van der Waals surface area contributed by atoms with E-state index in [9.17, 15) is 9.59 Å². The van der Waals surface area contributed by atoms with Crippen molar-refractivity contribution >= 4 is 35.0 Å². The predicted molar refractivity (Wildman–Crippen MR) is 113 cm³/mol. The Hall–Kier alpha value is -3.45. The number of aromatic nitrogens is 1. The van der Waals surface area contributed by atoms with Gasteiger partial charge in [-0.05, 0) is 36.4 Å². The third kappa shape index (κ3) is 4.20. The lowest BCUT2D eigenvalue weighted by atomic mass is 10.1. The van der Waals surface area contributed by atoms with Crippen molar-refractivity contribution in [3.05, 3.63) is 71.2 Å². The maximum atomic E-state index is 12.6. The third-order valence-corrected chi connectivity index (χ3v) is 5.36.